The van der Waals surface area contributed by atoms with Crippen molar-refractivity contribution in [3.8, 4) is 0 Å². The van der Waals surface area contributed by atoms with Crippen molar-refractivity contribution in [1.29, 1.82) is 0 Å². The first-order chi connectivity index (χ1) is 15.4. The molecule has 2 unspecified atom stereocenters. The molecule has 1 saturated heterocycles. The summed E-state index contributed by atoms with van der Waals surface area (Å²) < 4.78 is 0. The van der Waals surface area contributed by atoms with Crippen LogP contribution in [-0.2, 0) is 15.0 Å². The fraction of sp³-hybridized carbons (Fsp3) is 0.200. The molecule has 0 radical (unpaired) electrons. The molecule has 0 spiro atoms. The maximum absolute atomic E-state index is 13.8. The zero-order valence-electron chi connectivity index (χ0n) is 17.0. The number of nitro benzene ring substituents is 1. The van der Waals surface area contributed by atoms with Crippen molar-refractivity contribution in [2.75, 3.05) is 4.90 Å². The average Bonchev–Trinajstić information content (AvgIpc) is 3.06. The van der Waals surface area contributed by atoms with Gasteiger partial charge in [-0.05, 0) is 34.4 Å². The predicted octanol–water partition coefficient (Wildman–Crippen LogP) is 4.82. The number of rotatable bonds is 2. The molecule has 3 aliphatic carbocycles. The molecule has 0 saturated carbocycles. The highest BCUT2D eigenvalue weighted by Gasteiger charge is 2.66. The van der Waals surface area contributed by atoms with Gasteiger partial charge in [-0.2, -0.15) is 0 Å². The third kappa shape index (κ3) is 2.15. The van der Waals surface area contributed by atoms with Crippen molar-refractivity contribution in [2.45, 2.75) is 18.3 Å². The number of nitrogens with zero attached hydrogens (tertiary/aromatic N) is 2. The van der Waals surface area contributed by atoms with Crippen molar-refractivity contribution in [3.63, 3.8) is 0 Å². The van der Waals surface area contributed by atoms with Crippen LogP contribution in [0.25, 0.3) is 0 Å². The van der Waals surface area contributed by atoms with E-state index in [4.69, 9.17) is 11.6 Å². The molecule has 7 heteroatoms. The Labute approximate surface area is 188 Å². The van der Waals surface area contributed by atoms with E-state index in [2.05, 4.69) is 0 Å². The Kier molecular flexibility index (Phi) is 3.76. The van der Waals surface area contributed by atoms with E-state index < -0.39 is 22.2 Å². The molecule has 2 atom stereocenters. The summed E-state index contributed by atoms with van der Waals surface area (Å²) in [5, 5.41) is 11.4. The number of imide groups is 1. The summed E-state index contributed by atoms with van der Waals surface area (Å²) in [4.78, 5) is 39.5. The Bertz CT molecular complexity index is 1320. The van der Waals surface area contributed by atoms with Gasteiger partial charge in [0.1, 0.15) is 5.02 Å². The van der Waals surface area contributed by atoms with Crippen LogP contribution >= 0.6 is 11.6 Å². The van der Waals surface area contributed by atoms with Gasteiger partial charge in [-0.25, -0.2) is 4.90 Å². The van der Waals surface area contributed by atoms with Crippen molar-refractivity contribution in [3.05, 3.63) is 104 Å². The summed E-state index contributed by atoms with van der Waals surface area (Å²) >= 11 is 5.96. The lowest BCUT2D eigenvalue weighted by Gasteiger charge is -2.52. The van der Waals surface area contributed by atoms with Gasteiger partial charge in [0.15, 0.2) is 0 Å². The van der Waals surface area contributed by atoms with Gasteiger partial charge >= 0.3 is 0 Å². The standard InChI is InChI=1S/C25H17ClN2O4/c1-25-16-8-4-2-6-14(16)20(15-7-3-5-9-17(15)25)21-22(25)24(30)27(23(21)29)13-10-11-18(26)19(12-13)28(31)32/h2-12,20-22H,1H3. The van der Waals surface area contributed by atoms with Crippen LogP contribution < -0.4 is 4.90 Å². The molecule has 158 valence electrons. The van der Waals surface area contributed by atoms with Crippen LogP contribution in [0.4, 0.5) is 11.4 Å². The lowest BCUT2D eigenvalue weighted by Crippen LogP contribution is -2.51. The molecule has 2 bridgehead atoms. The van der Waals surface area contributed by atoms with E-state index >= 15 is 0 Å². The second-order valence-electron chi connectivity index (χ2n) is 8.76. The Morgan fingerprint density at radius 1 is 0.938 bits per heavy atom. The van der Waals surface area contributed by atoms with Gasteiger partial charge in [0.05, 0.1) is 22.4 Å². The van der Waals surface area contributed by atoms with Crippen LogP contribution in [-0.4, -0.2) is 16.7 Å². The minimum absolute atomic E-state index is 0.0397. The molecule has 0 aromatic heterocycles. The Morgan fingerprint density at radius 2 is 1.53 bits per heavy atom. The van der Waals surface area contributed by atoms with Gasteiger partial charge in [-0.15, -0.1) is 0 Å². The number of halogens is 1. The zero-order valence-corrected chi connectivity index (χ0v) is 17.7. The number of nitro groups is 1. The minimum atomic E-state index is -0.674. The van der Waals surface area contributed by atoms with Crippen molar-refractivity contribution < 1.29 is 14.5 Å². The van der Waals surface area contributed by atoms with Crippen LogP contribution in [0.1, 0.15) is 35.1 Å². The van der Waals surface area contributed by atoms with E-state index in [0.29, 0.717) is 0 Å². The van der Waals surface area contributed by atoms with Gasteiger partial charge in [-0.1, -0.05) is 67.1 Å². The fourth-order valence-electron chi connectivity index (χ4n) is 6.19. The quantitative estimate of drug-likeness (QED) is 0.322. The molecule has 1 aliphatic heterocycles. The highest BCUT2D eigenvalue weighted by atomic mass is 35.5. The van der Waals surface area contributed by atoms with Crippen LogP contribution in [0.5, 0.6) is 0 Å². The van der Waals surface area contributed by atoms with Gasteiger partial charge in [0, 0.05) is 17.4 Å². The number of amides is 2. The molecular weight excluding hydrogens is 428 g/mol. The largest absolute Gasteiger partial charge is 0.289 e. The first-order valence-electron chi connectivity index (χ1n) is 10.4. The normalized spacial score (nSPS) is 27.2. The smallest absolute Gasteiger partial charge is 0.274 e. The van der Waals surface area contributed by atoms with E-state index in [-0.39, 0.29) is 34.1 Å². The maximum atomic E-state index is 13.8. The molecule has 2 amide bonds. The Hall–Kier alpha value is -3.51. The van der Waals surface area contributed by atoms with Crippen LogP contribution in [0.2, 0.25) is 5.02 Å². The number of hydrogen-bond donors (Lipinski definition) is 0. The lowest BCUT2D eigenvalue weighted by atomic mass is 9.48. The number of benzene rings is 3. The molecule has 32 heavy (non-hydrogen) atoms. The number of carbonyl (C=O) groups excluding carboxylic acids is 2. The molecule has 0 N–H and O–H groups in total. The van der Waals surface area contributed by atoms with Gasteiger partial charge in [0.2, 0.25) is 11.8 Å². The fourth-order valence-corrected chi connectivity index (χ4v) is 6.37. The van der Waals surface area contributed by atoms with E-state index in [1.165, 1.54) is 18.2 Å². The van der Waals surface area contributed by atoms with Crippen molar-refractivity contribution in [1.82, 2.24) is 0 Å². The number of hydrogen-bond acceptors (Lipinski definition) is 4. The Balaban J connectivity index is 1.58. The van der Waals surface area contributed by atoms with Gasteiger partial charge in [-0.3, -0.25) is 19.7 Å². The van der Waals surface area contributed by atoms with E-state index in [1.54, 1.807) is 0 Å². The molecule has 6 nitrogen and oxygen atoms in total. The second kappa shape index (κ2) is 6.26. The summed E-state index contributed by atoms with van der Waals surface area (Å²) in [5.41, 5.74) is 3.44. The molecular formula is C25H17ClN2O4. The Morgan fingerprint density at radius 3 is 2.12 bits per heavy atom. The molecule has 3 aromatic carbocycles. The van der Waals surface area contributed by atoms with Crippen LogP contribution in [0.3, 0.4) is 0 Å². The SMILES string of the molecule is CC12c3ccccc3C(c3ccccc31)C1C(=O)N(c3ccc(Cl)c([N+](=O)[O-])c3)C(=O)C12. The van der Waals surface area contributed by atoms with E-state index in [1.807, 2.05) is 55.5 Å². The first-order valence-corrected chi connectivity index (χ1v) is 10.7. The summed E-state index contributed by atoms with van der Waals surface area (Å²) in [6.45, 7) is 2.04. The van der Waals surface area contributed by atoms with E-state index in [0.717, 1.165) is 27.2 Å². The summed E-state index contributed by atoms with van der Waals surface area (Å²) in [7, 11) is 0. The summed E-state index contributed by atoms with van der Waals surface area (Å²) in [5.74, 6) is -2.03. The second-order valence-corrected chi connectivity index (χ2v) is 9.17. The lowest BCUT2D eigenvalue weighted by molar-refractivity contribution is -0.384. The number of carbonyl (C=O) groups is 2. The highest BCUT2D eigenvalue weighted by Crippen LogP contribution is 2.64. The highest BCUT2D eigenvalue weighted by molar-refractivity contribution is 6.33. The predicted molar refractivity (Wildman–Crippen MR) is 119 cm³/mol. The topological polar surface area (TPSA) is 80.5 Å². The molecule has 4 aliphatic rings. The summed E-state index contributed by atoms with van der Waals surface area (Å²) in [6, 6.07) is 20.1. The van der Waals surface area contributed by atoms with Crippen molar-refractivity contribution >= 4 is 34.8 Å². The number of anilines is 1. The monoisotopic (exact) mass is 444 g/mol. The molecule has 1 heterocycles. The van der Waals surface area contributed by atoms with Crippen molar-refractivity contribution in [2.24, 2.45) is 11.8 Å². The molecule has 1 fully saturated rings. The first kappa shape index (κ1) is 19.2. The van der Waals surface area contributed by atoms with Crippen LogP contribution in [0.15, 0.2) is 66.7 Å². The maximum Gasteiger partial charge on any atom is 0.289 e. The van der Waals surface area contributed by atoms with Crippen LogP contribution in [0, 0.1) is 22.0 Å². The summed E-state index contributed by atoms with van der Waals surface area (Å²) in [6.07, 6.45) is 0. The van der Waals surface area contributed by atoms with Gasteiger partial charge < -0.3 is 0 Å². The third-order valence-electron chi connectivity index (χ3n) is 7.43. The van der Waals surface area contributed by atoms with E-state index in [9.17, 15) is 19.7 Å². The zero-order chi connectivity index (χ0) is 22.4. The average molecular weight is 445 g/mol. The van der Waals surface area contributed by atoms with Gasteiger partial charge in [0.25, 0.3) is 5.69 Å². The molecule has 3 aromatic rings. The third-order valence-corrected chi connectivity index (χ3v) is 7.75. The molecule has 7 rings (SSSR count). The minimum Gasteiger partial charge on any atom is -0.274 e.